The number of carbonyl (C=O) groups excluding carboxylic acids is 2. The van der Waals surface area contributed by atoms with E-state index in [1.807, 2.05) is 52.1 Å². The Morgan fingerprint density at radius 2 is 1.64 bits per heavy atom. The number of methoxy groups -OCH3 is 1. The van der Waals surface area contributed by atoms with Gasteiger partial charge in [0, 0.05) is 66.2 Å². The highest BCUT2D eigenvalue weighted by Crippen LogP contribution is 2.35. The molecule has 2 aromatic heterocycles. The van der Waals surface area contributed by atoms with Crippen molar-refractivity contribution in [1.29, 1.82) is 0 Å². The average molecular weight is 728 g/mol. The van der Waals surface area contributed by atoms with Gasteiger partial charge in [-0.25, -0.2) is 19.7 Å². The van der Waals surface area contributed by atoms with Gasteiger partial charge in [0.05, 0.1) is 25.2 Å². The molecule has 0 saturated carbocycles. The topological polar surface area (TPSA) is 110 Å². The van der Waals surface area contributed by atoms with Crippen LogP contribution in [-0.2, 0) is 20.8 Å². The Morgan fingerprint density at radius 3 is 2.24 bits per heavy atom. The second-order valence-electron chi connectivity index (χ2n) is 15.0. The van der Waals surface area contributed by atoms with E-state index < -0.39 is 5.60 Å². The first-order chi connectivity index (χ1) is 23.6. The maximum Gasteiger partial charge on any atom is 0.410 e. The van der Waals surface area contributed by atoms with Crippen molar-refractivity contribution in [2.24, 2.45) is 11.3 Å². The number of carbonyl (C=O) groups is 2. The zero-order valence-corrected chi connectivity index (χ0v) is 31.6. The van der Waals surface area contributed by atoms with Crippen molar-refractivity contribution in [2.45, 2.75) is 78.5 Å². The number of ether oxygens (including phenoxy) is 3. The predicted octanol–water partition coefficient (Wildman–Crippen LogP) is 7.88. The maximum atomic E-state index is 12.8. The number of esters is 1. The summed E-state index contributed by atoms with van der Waals surface area (Å²) in [4.78, 5) is 44.9. The second-order valence-corrected chi connectivity index (χ2v) is 15.9. The highest BCUT2D eigenvalue weighted by molar-refractivity contribution is 6.35. The fraction of sp³-hybridized carbons (Fsp3) is 0.541. The summed E-state index contributed by atoms with van der Waals surface area (Å²) in [6.07, 6.45) is 6.06. The molecule has 2 aliphatic rings. The molecule has 270 valence electrons. The van der Waals surface area contributed by atoms with E-state index >= 15 is 0 Å². The SMILES string of the molecule is COC(=O)CC1CCN(Cc2cc(Oc3cnc(N4CCC(N(C)C(=O)OC(C)(C)C)C(C)(C)C4)nc3)nc(-c3cc(Cl)cc(Cl)c3)c2)CC1. The van der Waals surface area contributed by atoms with E-state index in [1.165, 1.54) is 7.11 Å². The van der Waals surface area contributed by atoms with Crippen molar-refractivity contribution >= 4 is 41.2 Å². The van der Waals surface area contributed by atoms with Crippen LogP contribution < -0.4 is 9.64 Å². The minimum absolute atomic E-state index is 0.00403. The molecule has 2 aliphatic heterocycles. The number of hydrogen-bond donors (Lipinski definition) is 0. The van der Waals surface area contributed by atoms with E-state index in [0.717, 1.165) is 43.5 Å². The number of pyridine rings is 1. The number of benzene rings is 1. The van der Waals surface area contributed by atoms with Crippen molar-refractivity contribution in [2.75, 3.05) is 45.2 Å². The third-order valence-corrected chi connectivity index (χ3v) is 9.69. The summed E-state index contributed by atoms with van der Waals surface area (Å²) in [6.45, 7) is 13.7. The largest absolute Gasteiger partial charge is 0.469 e. The number of rotatable bonds is 9. The second kappa shape index (κ2) is 15.7. The Kier molecular flexibility index (Phi) is 11.8. The van der Waals surface area contributed by atoms with Crippen LogP contribution in [0.5, 0.6) is 11.6 Å². The van der Waals surface area contributed by atoms with Crippen LogP contribution in [0.2, 0.25) is 10.0 Å². The molecule has 1 unspecified atom stereocenters. The number of hydrogen-bond acceptors (Lipinski definition) is 10. The van der Waals surface area contributed by atoms with Gasteiger partial charge in [-0.05, 0) is 88.9 Å². The minimum Gasteiger partial charge on any atom is -0.469 e. The number of nitrogens with zero attached hydrogens (tertiary/aromatic N) is 6. The Bertz CT molecular complexity index is 1640. The van der Waals surface area contributed by atoms with Crippen LogP contribution in [0.25, 0.3) is 11.3 Å². The van der Waals surface area contributed by atoms with Gasteiger partial charge < -0.3 is 24.0 Å². The highest BCUT2D eigenvalue weighted by atomic mass is 35.5. The Labute approximate surface area is 305 Å². The molecule has 50 heavy (non-hydrogen) atoms. The molecule has 2 saturated heterocycles. The van der Waals surface area contributed by atoms with Crippen LogP contribution in [0, 0.1) is 11.3 Å². The van der Waals surface area contributed by atoms with Gasteiger partial charge >= 0.3 is 12.1 Å². The molecule has 0 aliphatic carbocycles. The van der Waals surface area contributed by atoms with Crippen molar-refractivity contribution < 1.29 is 23.8 Å². The molecule has 0 N–H and O–H groups in total. The molecular formula is C37H48Cl2N6O5. The number of amides is 1. The van der Waals surface area contributed by atoms with Crippen LogP contribution in [0.1, 0.15) is 65.9 Å². The van der Waals surface area contributed by atoms with Crippen molar-refractivity contribution in [3.8, 4) is 22.9 Å². The molecule has 13 heteroatoms. The molecule has 0 radical (unpaired) electrons. The van der Waals surface area contributed by atoms with Gasteiger partial charge in [-0.15, -0.1) is 0 Å². The third kappa shape index (κ3) is 9.98. The summed E-state index contributed by atoms with van der Waals surface area (Å²) in [5.74, 6) is 1.62. The smallest absolute Gasteiger partial charge is 0.410 e. The van der Waals surface area contributed by atoms with Crippen LogP contribution in [-0.4, -0.2) is 88.8 Å². The van der Waals surface area contributed by atoms with Crippen molar-refractivity contribution in [3.05, 3.63) is 58.3 Å². The van der Waals surface area contributed by atoms with Crippen LogP contribution in [0.3, 0.4) is 0 Å². The Morgan fingerprint density at radius 1 is 0.980 bits per heavy atom. The lowest BCUT2D eigenvalue weighted by Crippen LogP contribution is -2.57. The van der Waals surface area contributed by atoms with Crippen LogP contribution in [0.15, 0.2) is 42.7 Å². The number of aromatic nitrogens is 3. The van der Waals surface area contributed by atoms with Crippen molar-refractivity contribution in [1.82, 2.24) is 24.8 Å². The fourth-order valence-electron chi connectivity index (χ4n) is 6.82. The Hall–Kier alpha value is -3.67. The summed E-state index contributed by atoms with van der Waals surface area (Å²) < 4.78 is 16.7. The number of anilines is 1. The van der Waals surface area contributed by atoms with Crippen molar-refractivity contribution in [3.63, 3.8) is 0 Å². The third-order valence-electron chi connectivity index (χ3n) is 9.26. The molecule has 4 heterocycles. The van der Waals surface area contributed by atoms with Gasteiger partial charge in [-0.1, -0.05) is 37.0 Å². The molecule has 0 bridgehead atoms. The lowest BCUT2D eigenvalue weighted by molar-refractivity contribution is -0.142. The van der Waals surface area contributed by atoms with E-state index in [0.29, 0.717) is 65.3 Å². The van der Waals surface area contributed by atoms with E-state index in [9.17, 15) is 9.59 Å². The number of halogens is 2. The quantitative estimate of drug-likeness (QED) is 0.202. The van der Waals surface area contributed by atoms with Gasteiger partial charge in [0.15, 0.2) is 5.75 Å². The van der Waals surface area contributed by atoms with E-state index in [2.05, 4.69) is 33.6 Å². The molecule has 3 aromatic rings. The minimum atomic E-state index is -0.555. The molecule has 5 rings (SSSR count). The van der Waals surface area contributed by atoms with E-state index in [-0.39, 0.29) is 23.5 Å². The zero-order chi connectivity index (χ0) is 36.2. The normalized spacial score (nSPS) is 18.4. The first-order valence-corrected chi connectivity index (χ1v) is 17.8. The molecule has 2 fully saturated rings. The molecule has 1 amide bonds. The van der Waals surface area contributed by atoms with Gasteiger partial charge in [-0.3, -0.25) is 9.69 Å². The molecular weight excluding hydrogens is 679 g/mol. The maximum absolute atomic E-state index is 12.8. The van der Waals surface area contributed by atoms with Crippen LogP contribution >= 0.6 is 23.2 Å². The lowest BCUT2D eigenvalue weighted by Gasteiger charge is -2.47. The summed E-state index contributed by atoms with van der Waals surface area (Å²) in [5, 5.41) is 1.03. The summed E-state index contributed by atoms with van der Waals surface area (Å²) in [5.41, 5.74) is 1.69. The summed E-state index contributed by atoms with van der Waals surface area (Å²) in [6, 6.07) is 9.31. The lowest BCUT2D eigenvalue weighted by atomic mass is 9.78. The van der Waals surface area contributed by atoms with Gasteiger partial charge in [0.1, 0.15) is 5.60 Å². The Balaban J connectivity index is 1.29. The molecule has 1 atom stereocenters. The predicted molar refractivity (Wildman–Crippen MR) is 195 cm³/mol. The van der Waals surface area contributed by atoms with E-state index in [1.54, 1.807) is 23.4 Å². The molecule has 11 nitrogen and oxygen atoms in total. The van der Waals surface area contributed by atoms with Gasteiger partial charge in [0.2, 0.25) is 11.8 Å². The average Bonchev–Trinajstić information content (AvgIpc) is 3.04. The van der Waals surface area contributed by atoms with E-state index in [4.69, 9.17) is 42.4 Å². The monoisotopic (exact) mass is 726 g/mol. The first kappa shape index (κ1) is 37.6. The molecule has 1 aromatic carbocycles. The molecule has 0 spiro atoms. The number of piperidine rings is 2. The summed E-state index contributed by atoms with van der Waals surface area (Å²) >= 11 is 12.7. The standard InChI is InChI=1S/C37H48Cl2N6O5/c1-36(2,3)50-35(47)43(6)31-10-13-45(23-37(31,4)5)34-40-20-29(21-41-34)49-32-15-25(14-30(42-32)26-17-27(38)19-28(39)18-26)22-44-11-8-24(9-12-44)16-33(46)48-7/h14-15,17-21,24,31H,8-13,16,22-23H2,1-7H3. The summed E-state index contributed by atoms with van der Waals surface area (Å²) in [7, 11) is 3.25. The van der Waals surface area contributed by atoms with Crippen LogP contribution in [0.4, 0.5) is 10.7 Å². The highest BCUT2D eigenvalue weighted by Gasteiger charge is 2.41. The number of likely N-dealkylation sites (tertiary alicyclic amines) is 1. The van der Waals surface area contributed by atoms with Gasteiger partial charge in [0.25, 0.3) is 0 Å². The van der Waals surface area contributed by atoms with Gasteiger partial charge in [-0.2, -0.15) is 0 Å². The fourth-order valence-corrected chi connectivity index (χ4v) is 7.35. The first-order valence-electron chi connectivity index (χ1n) is 17.1. The zero-order valence-electron chi connectivity index (χ0n) is 30.0.